The minimum Gasteiger partial charge on any atom is -0.481 e. The highest BCUT2D eigenvalue weighted by Crippen LogP contribution is 2.57. The Labute approximate surface area is 120 Å². The molecule has 114 valence electrons. The number of fused-ring (bicyclic) bond motifs is 3. The zero-order valence-corrected chi connectivity index (χ0v) is 12.7. The summed E-state index contributed by atoms with van der Waals surface area (Å²) in [6.45, 7) is 6.24. The summed E-state index contributed by atoms with van der Waals surface area (Å²) in [4.78, 5) is 23.2. The van der Waals surface area contributed by atoms with Crippen LogP contribution in [0.1, 0.15) is 59.3 Å². The number of hydrogen-bond acceptors (Lipinski definition) is 3. The normalized spacial score (nSPS) is 49.2. The predicted octanol–water partition coefficient (Wildman–Crippen LogP) is 3.40. The van der Waals surface area contributed by atoms with E-state index in [1.165, 1.54) is 0 Å². The van der Waals surface area contributed by atoms with Crippen molar-refractivity contribution in [1.29, 1.82) is 0 Å². The highest BCUT2D eigenvalue weighted by molar-refractivity contribution is 5.70. The molecule has 2 saturated carbocycles. The fraction of sp³-hybridized carbons (Fsp3) is 0.938. The second-order valence-electron chi connectivity index (χ2n) is 7.50. The Morgan fingerprint density at radius 3 is 2.55 bits per heavy atom. The maximum atomic E-state index is 11.5. The third-order valence-electron chi connectivity index (χ3n) is 6.30. The van der Waals surface area contributed by atoms with Gasteiger partial charge in [-0.1, -0.05) is 13.8 Å². The quantitative estimate of drug-likeness (QED) is 0.789. The summed E-state index contributed by atoms with van der Waals surface area (Å²) in [5.74, 6) is 0.0300. The van der Waals surface area contributed by atoms with Gasteiger partial charge in [0.25, 0.3) is 0 Å². The Balaban J connectivity index is 1.97. The van der Waals surface area contributed by atoms with Gasteiger partial charge in [-0.2, -0.15) is 0 Å². The van der Waals surface area contributed by atoms with E-state index in [1.54, 1.807) is 0 Å². The number of carboxylic acid groups (broad SMARTS) is 1. The molecule has 2 saturated heterocycles. The van der Waals surface area contributed by atoms with Crippen LogP contribution in [0, 0.1) is 23.7 Å². The molecular formula is C16H26O4. The average Bonchev–Trinajstić information content (AvgIpc) is 2.65. The summed E-state index contributed by atoms with van der Waals surface area (Å²) >= 11 is 0. The average molecular weight is 282 g/mol. The van der Waals surface area contributed by atoms with Crippen molar-refractivity contribution in [2.45, 2.75) is 70.5 Å². The second kappa shape index (κ2) is 4.70. The zero-order valence-electron chi connectivity index (χ0n) is 12.7. The molecule has 2 aliphatic heterocycles. The molecule has 2 bridgehead atoms. The first kappa shape index (κ1) is 14.3. The van der Waals surface area contributed by atoms with E-state index in [-0.39, 0.29) is 23.0 Å². The van der Waals surface area contributed by atoms with Gasteiger partial charge in [-0.15, -0.1) is 0 Å². The molecule has 0 unspecified atom stereocenters. The van der Waals surface area contributed by atoms with Crippen LogP contribution in [0.2, 0.25) is 0 Å². The van der Waals surface area contributed by atoms with Crippen molar-refractivity contribution >= 4 is 5.97 Å². The van der Waals surface area contributed by atoms with Crippen molar-refractivity contribution in [2.24, 2.45) is 23.7 Å². The Hall–Kier alpha value is -0.610. The van der Waals surface area contributed by atoms with Gasteiger partial charge in [0.05, 0.1) is 5.92 Å². The first-order chi connectivity index (χ1) is 9.38. The summed E-state index contributed by atoms with van der Waals surface area (Å²) in [7, 11) is 0. The molecular weight excluding hydrogens is 256 g/mol. The molecule has 2 heterocycles. The van der Waals surface area contributed by atoms with Crippen LogP contribution >= 0.6 is 0 Å². The van der Waals surface area contributed by atoms with E-state index in [9.17, 15) is 9.90 Å². The third-order valence-corrected chi connectivity index (χ3v) is 6.30. The van der Waals surface area contributed by atoms with Gasteiger partial charge in [0.2, 0.25) is 0 Å². The van der Waals surface area contributed by atoms with E-state index >= 15 is 0 Å². The van der Waals surface area contributed by atoms with Gasteiger partial charge in [0.1, 0.15) is 11.2 Å². The summed E-state index contributed by atoms with van der Waals surface area (Å²) in [6, 6.07) is 0. The molecule has 4 aliphatic rings. The lowest BCUT2D eigenvalue weighted by molar-refractivity contribution is -0.452. The van der Waals surface area contributed by atoms with Gasteiger partial charge < -0.3 is 5.11 Å². The smallest absolute Gasteiger partial charge is 0.306 e. The van der Waals surface area contributed by atoms with Crippen molar-refractivity contribution in [3.05, 3.63) is 0 Å². The highest BCUT2D eigenvalue weighted by atomic mass is 17.2. The van der Waals surface area contributed by atoms with E-state index in [4.69, 9.17) is 9.78 Å². The van der Waals surface area contributed by atoms with Crippen LogP contribution < -0.4 is 0 Å². The van der Waals surface area contributed by atoms with Crippen LogP contribution in [0.15, 0.2) is 0 Å². The largest absolute Gasteiger partial charge is 0.481 e. The van der Waals surface area contributed by atoms with E-state index < -0.39 is 5.97 Å². The Bertz CT molecular complexity index is 397. The molecule has 4 rings (SSSR count). The third kappa shape index (κ3) is 2.00. The minimum atomic E-state index is -0.709. The van der Waals surface area contributed by atoms with Crippen molar-refractivity contribution in [3.8, 4) is 0 Å². The fourth-order valence-corrected chi connectivity index (χ4v) is 4.86. The molecule has 1 spiro atoms. The fourth-order valence-electron chi connectivity index (χ4n) is 4.86. The second-order valence-corrected chi connectivity index (χ2v) is 7.50. The molecule has 0 aromatic heterocycles. The van der Waals surface area contributed by atoms with Crippen LogP contribution in [0.25, 0.3) is 0 Å². The van der Waals surface area contributed by atoms with Crippen LogP contribution in [-0.4, -0.2) is 22.3 Å². The lowest BCUT2D eigenvalue weighted by atomic mass is 9.59. The number of hydrogen-bond donors (Lipinski definition) is 1. The zero-order chi connectivity index (χ0) is 14.5. The highest BCUT2D eigenvalue weighted by Gasteiger charge is 2.60. The minimum absolute atomic E-state index is 0.0730. The molecule has 20 heavy (non-hydrogen) atoms. The Kier molecular flexibility index (Phi) is 3.37. The SMILES string of the molecule is C[C@@H]1CC[C@@H]([C@@H](C)C(=O)O)[C@@]23CC[C@@](C)(CC[C@@H]12)OO3. The molecule has 0 aromatic carbocycles. The van der Waals surface area contributed by atoms with Crippen molar-refractivity contribution < 1.29 is 19.7 Å². The summed E-state index contributed by atoms with van der Waals surface area (Å²) < 4.78 is 0. The molecule has 0 radical (unpaired) electrons. The maximum Gasteiger partial charge on any atom is 0.306 e. The lowest BCUT2D eigenvalue weighted by Gasteiger charge is -2.53. The molecule has 4 fully saturated rings. The van der Waals surface area contributed by atoms with Crippen LogP contribution in [0.5, 0.6) is 0 Å². The Morgan fingerprint density at radius 1 is 1.20 bits per heavy atom. The first-order valence-corrected chi connectivity index (χ1v) is 7.98. The van der Waals surface area contributed by atoms with E-state index in [0.29, 0.717) is 11.8 Å². The number of carboxylic acids is 1. The van der Waals surface area contributed by atoms with Gasteiger partial charge in [-0.3, -0.25) is 4.79 Å². The molecule has 0 aromatic rings. The summed E-state index contributed by atoms with van der Waals surface area (Å²) in [6.07, 6.45) is 6.10. The molecule has 2 aliphatic carbocycles. The molecule has 0 amide bonds. The van der Waals surface area contributed by atoms with Gasteiger partial charge >= 0.3 is 5.97 Å². The molecule has 1 N–H and O–H groups in total. The van der Waals surface area contributed by atoms with Gasteiger partial charge in [0, 0.05) is 5.92 Å². The Morgan fingerprint density at radius 2 is 1.95 bits per heavy atom. The standard InChI is InChI=1S/C16H26O4/c1-10-4-5-13(11(2)14(17)18)16-9-8-15(3,19-20-16)7-6-12(10)16/h10-13H,4-9H2,1-3H3,(H,17,18)/t10-,11-,12+,13+,15-,16-/m1/s1. The van der Waals surface area contributed by atoms with Crippen LogP contribution in [-0.2, 0) is 14.6 Å². The predicted molar refractivity (Wildman–Crippen MR) is 74.0 cm³/mol. The van der Waals surface area contributed by atoms with Gasteiger partial charge in [-0.25, -0.2) is 9.78 Å². The van der Waals surface area contributed by atoms with E-state index in [1.807, 2.05) is 6.92 Å². The van der Waals surface area contributed by atoms with E-state index in [2.05, 4.69) is 13.8 Å². The van der Waals surface area contributed by atoms with Gasteiger partial charge in [-0.05, 0) is 57.3 Å². The topological polar surface area (TPSA) is 55.8 Å². The summed E-state index contributed by atoms with van der Waals surface area (Å²) in [5, 5.41) is 9.44. The van der Waals surface area contributed by atoms with Crippen molar-refractivity contribution in [2.75, 3.05) is 0 Å². The monoisotopic (exact) mass is 282 g/mol. The van der Waals surface area contributed by atoms with Gasteiger partial charge in [0.15, 0.2) is 0 Å². The lowest BCUT2D eigenvalue weighted by Crippen LogP contribution is -2.57. The number of rotatable bonds is 2. The number of carbonyl (C=O) groups is 1. The molecule has 6 atom stereocenters. The molecule has 4 heteroatoms. The van der Waals surface area contributed by atoms with Crippen molar-refractivity contribution in [3.63, 3.8) is 0 Å². The van der Waals surface area contributed by atoms with Crippen molar-refractivity contribution in [1.82, 2.24) is 0 Å². The number of aliphatic carboxylic acids is 1. The first-order valence-electron chi connectivity index (χ1n) is 7.98. The summed E-state index contributed by atoms with van der Waals surface area (Å²) in [5.41, 5.74) is -0.537. The van der Waals surface area contributed by atoms with Crippen LogP contribution in [0.4, 0.5) is 0 Å². The van der Waals surface area contributed by atoms with Crippen LogP contribution in [0.3, 0.4) is 0 Å². The van der Waals surface area contributed by atoms with E-state index in [0.717, 1.165) is 38.5 Å². The maximum absolute atomic E-state index is 11.5. The molecule has 4 nitrogen and oxygen atoms in total.